The summed E-state index contributed by atoms with van der Waals surface area (Å²) in [5.74, 6) is 0. The first-order chi connectivity index (χ1) is 5.15. The van der Waals surface area contributed by atoms with E-state index in [-0.39, 0.29) is 12.4 Å². The highest BCUT2D eigenvalue weighted by Crippen LogP contribution is 2.06. The lowest BCUT2D eigenvalue weighted by molar-refractivity contribution is -0.697. The SMILES string of the molecule is CC[n+]1c(C)cc(C)cc1Cl.[Cl-]. The molecule has 1 nitrogen and oxygen atoms in total. The number of pyridine rings is 1. The Morgan fingerprint density at radius 1 is 1.33 bits per heavy atom. The summed E-state index contributed by atoms with van der Waals surface area (Å²) in [6.45, 7) is 7.15. The Balaban J connectivity index is 0.00000121. The Morgan fingerprint density at radius 3 is 2.33 bits per heavy atom. The molecule has 3 heteroatoms. The number of aromatic nitrogens is 1. The largest absolute Gasteiger partial charge is 1.00 e. The molecule has 0 spiro atoms. The van der Waals surface area contributed by atoms with Gasteiger partial charge in [-0.25, -0.2) is 0 Å². The quantitative estimate of drug-likeness (QED) is 0.421. The van der Waals surface area contributed by atoms with Gasteiger partial charge in [0.25, 0.3) is 5.15 Å². The van der Waals surface area contributed by atoms with Gasteiger partial charge < -0.3 is 12.4 Å². The van der Waals surface area contributed by atoms with E-state index in [9.17, 15) is 0 Å². The minimum absolute atomic E-state index is 0. The topological polar surface area (TPSA) is 3.88 Å². The molecule has 0 bridgehead atoms. The molecule has 1 heterocycles. The van der Waals surface area contributed by atoms with Crippen LogP contribution in [0.1, 0.15) is 18.2 Å². The molecule has 1 rings (SSSR count). The summed E-state index contributed by atoms with van der Waals surface area (Å²) in [4.78, 5) is 0. The average molecular weight is 206 g/mol. The Labute approximate surface area is 84.8 Å². The summed E-state index contributed by atoms with van der Waals surface area (Å²) < 4.78 is 2.08. The van der Waals surface area contributed by atoms with E-state index in [1.165, 1.54) is 11.3 Å². The van der Waals surface area contributed by atoms with Gasteiger partial charge in [0.1, 0.15) is 6.54 Å². The van der Waals surface area contributed by atoms with Crippen molar-refractivity contribution in [3.05, 3.63) is 28.5 Å². The number of halogens is 2. The zero-order chi connectivity index (χ0) is 8.43. The van der Waals surface area contributed by atoms with Crippen LogP contribution >= 0.6 is 11.6 Å². The molecule has 0 aliphatic heterocycles. The number of aryl methyl sites for hydroxylation is 2. The molecule has 12 heavy (non-hydrogen) atoms. The lowest BCUT2D eigenvalue weighted by atomic mass is 10.2. The Bertz CT molecular complexity index is 248. The molecule has 0 radical (unpaired) electrons. The van der Waals surface area contributed by atoms with Crippen molar-refractivity contribution in [3.63, 3.8) is 0 Å². The maximum absolute atomic E-state index is 6.00. The third-order valence-electron chi connectivity index (χ3n) is 1.78. The van der Waals surface area contributed by atoms with E-state index in [4.69, 9.17) is 11.6 Å². The standard InChI is InChI=1S/C9H13ClN.ClH/c1-4-11-8(3)5-7(2)6-9(11)10;/h5-6H,4H2,1-3H3;1H/q+1;/p-1. The monoisotopic (exact) mass is 205 g/mol. The molecule has 1 aromatic heterocycles. The van der Waals surface area contributed by atoms with Crippen LogP contribution in [-0.2, 0) is 6.54 Å². The lowest BCUT2D eigenvalue weighted by Crippen LogP contribution is -3.00. The van der Waals surface area contributed by atoms with Crippen molar-refractivity contribution in [1.29, 1.82) is 0 Å². The van der Waals surface area contributed by atoms with Crippen LogP contribution in [0, 0.1) is 13.8 Å². The molecule has 0 fully saturated rings. The second-order valence-corrected chi connectivity index (χ2v) is 3.13. The van der Waals surface area contributed by atoms with Crippen molar-refractivity contribution < 1.29 is 17.0 Å². The fourth-order valence-corrected chi connectivity index (χ4v) is 1.71. The van der Waals surface area contributed by atoms with Crippen molar-refractivity contribution in [1.82, 2.24) is 0 Å². The number of hydrogen-bond donors (Lipinski definition) is 0. The summed E-state index contributed by atoms with van der Waals surface area (Å²) in [6.07, 6.45) is 0. The van der Waals surface area contributed by atoms with Crippen LogP contribution < -0.4 is 17.0 Å². The normalized spacial score (nSPS) is 9.33. The van der Waals surface area contributed by atoms with Crippen molar-refractivity contribution in [2.24, 2.45) is 0 Å². The van der Waals surface area contributed by atoms with Crippen molar-refractivity contribution >= 4 is 11.6 Å². The highest BCUT2D eigenvalue weighted by molar-refractivity contribution is 6.28. The van der Waals surface area contributed by atoms with Crippen LogP contribution in [0.25, 0.3) is 0 Å². The number of rotatable bonds is 1. The molecular weight excluding hydrogens is 193 g/mol. The van der Waals surface area contributed by atoms with Gasteiger partial charge in [0.15, 0.2) is 5.69 Å². The van der Waals surface area contributed by atoms with E-state index in [2.05, 4.69) is 31.4 Å². The smallest absolute Gasteiger partial charge is 0.275 e. The highest BCUT2D eigenvalue weighted by Gasteiger charge is 2.09. The zero-order valence-electron chi connectivity index (χ0n) is 7.56. The van der Waals surface area contributed by atoms with Crippen molar-refractivity contribution in [3.8, 4) is 0 Å². The van der Waals surface area contributed by atoms with E-state index >= 15 is 0 Å². The molecule has 0 saturated carbocycles. The Morgan fingerprint density at radius 2 is 1.92 bits per heavy atom. The van der Waals surface area contributed by atoms with E-state index < -0.39 is 0 Å². The minimum atomic E-state index is 0. The zero-order valence-corrected chi connectivity index (χ0v) is 9.08. The van der Waals surface area contributed by atoms with Crippen LogP contribution in [0.4, 0.5) is 0 Å². The molecular formula is C9H13Cl2N. The second kappa shape index (κ2) is 4.68. The molecule has 0 aromatic carbocycles. The summed E-state index contributed by atoms with van der Waals surface area (Å²) in [6, 6.07) is 4.12. The fourth-order valence-electron chi connectivity index (χ4n) is 1.28. The maximum atomic E-state index is 6.00. The Hall–Kier alpha value is -0.270. The average Bonchev–Trinajstić information content (AvgIpc) is 1.85. The van der Waals surface area contributed by atoms with Crippen LogP contribution in [0.5, 0.6) is 0 Å². The van der Waals surface area contributed by atoms with Gasteiger partial charge >= 0.3 is 0 Å². The third-order valence-corrected chi connectivity index (χ3v) is 2.10. The van der Waals surface area contributed by atoms with Crippen LogP contribution in [0.3, 0.4) is 0 Å². The van der Waals surface area contributed by atoms with Crippen LogP contribution in [0.2, 0.25) is 5.15 Å². The van der Waals surface area contributed by atoms with E-state index in [1.54, 1.807) is 0 Å². The third kappa shape index (κ3) is 2.36. The molecule has 0 aliphatic rings. The molecule has 0 aliphatic carbocycles. The maximum Gasteiger partial charge on any atom is 0.275 e. The van der Waals surface area contributed by atoms with Crippen LogP contribution in [0.15, 0.2) is 12.1 Å². The molecule has 0 atom stereocenters. The van der Waals surface area contributed by atoms with Gasteiger partial charge in [0.05, 0.1) is 0 Å². The molecule has 0 amide bonds. The number of hydrogen-bond acceptors (Lipinski definition) is 0. The van der Waals surface area contributed by atoms with Gasteiger partial charge in [-0.05, 0) is 31.0 Å². The number of nitrogens with zero attached hydrogens (tertiary/aromatic N) is 1. The van der Waals surface area contributed by atoms with Gasteiger partial charge in [-0.1, -0.05) is 0 Å². The first kappa shape index (κ1) is 11.7. The lowest BCUT2D eigenvalue weighted by Gasteiger charge is -1.99. The van der Waals surface area contributed by atoms with Gasteiger partial charge in [0.2, 0.25) is 0 Å². The first-order valence-corrected chi connectivity index (χ1v) is 4.19. The molecule has 0 unspecified atom stereocenters. The predicted octanol–water partition coefficient (Wildman–Crippen LogP) is -0.732. The summed E-state index contributed by atoms with van der Waals surface area (Å²) in [7, 11) is 0. The van der Waals surface area contributed by atoms with Crippen molar-refractivity contribution in [2.45, 2.75) is 27.3 Å². The minimum Gasteiger partial charge on any atom is -1.00 e. The summed E-state index contributed by atoms with van der Waals surface area (Å²) >= 11 is 6.00. The van der Waals surface area contributed by atoms with Gasteiger partial charge in [-0.2, -0.15) is 4.57 Å². The summed E-state index contributed by atoms with van der Waals surface area (Å²) in [5.41, 5.74) is 2.44. The molecule has 0 N–H and O–H groups in total. The summed E-state index contributed by atoms with van der Waals surface area (Å²) in [5, 5.41) is 0.824. The van der Waals surface area contributed by atoms with Crippen LogP contribution in [-0.4, -0.2) is 0 Å². The van der Waals surface area contributed by atoms with Gasteiger partial charge in [0, 0.05) is 19.1 Å². The molecule has 1 aromatic rings. The first-order valence-electron chi connectivity index (χ1n) is 3.81. The van der Waals surface area contributed by atoms with E-state index in [1.807, 2.05) is 6.07 Å². The predicted molar refractivity (Wildman–Crippen MR) is 46.8 cm³/mol. The Kier molecular flexibility index (Phi) is 4.58. The van der Waals surface area contributed by atoms with Crippen molar-refractivity contribution in [2.75, 3.05) is 0 Å². The van der Waals surface area contributed by atoms with E-state index in [0.29, 0.717) is 0 Å². The second-order valence-electron chi connectivity index (χ2n) is 2.74. The highest BCUT2D eigenvalue weighted by atomic mass is 35.5. The van der Waals surface area contributed by atoms with Gasteiger partial charge in [-0.3, -0.25) is 0 Å². The van der Waals surface area contributed by atoms with Gasteiger partial charge in [-0.15, -0.1) is 0 Å². The van der Waals surface area contributed by atoms with E-state index in [0.717, 1.165) is 11.7 Å². The molecule has 68 valence electrons. The molecule has 0 saturated heterocycles. The fraction of sp³-hybridized carbons (Fsp3) is 0.444.